The molecule has 0 aliphatic heterocycles. The summed E-state index contributed by atoms with van der Waals surface area (Å²) in [6.07, 6.45) is 2.84. The molecule has 138 valence electrons. The Morgan fingerprint density at radius 2 is 2.08 bits per heavy atom. The van der Waals surface area contributed by atoms with Gasteiger partial charge in [0.1, 0.15) is 5.00 Å². The number of carbonyl (C=O) groups is 2. The van der Waals surface area contributed by atoms with Gasteiger partial charge in [-0.3, -0.25) is 4.79 Å². The molecule has 0 fully saturated rings. The third-order valence-corrected chi connectivity index (χ3v) is 6.06. The molecule has 0 spiro atoms. The predicted molar refractivity (Wildman–Crippen MR) is 104 cm³/mol. The van der Waals surface area contributed by atoms with Crippen molar-refractivity contribution in [3.63, 3.8) is 0 Å². The van der Waals surface area contributed by atoms with Gasteiger partial charge in [-0.1, -0.05) is 29.8 Å². The van der Waals surface area contributed by atoms with Crippen molar-refractivity contribution in [2.45, 2.75) is 32.2 Å². The Morgan fingerprint density at radius 1 is 1.31 bits per heavy atom. The lowest BCUT2D eigenvalue weighted by molar-refractivity contribution is -0.115. The monoisotopic (exact) mass is 392 g/mol. The molecule has 5 nitrogen and oxygen atoms in total. The van der Waals surface area contributed by atoms with Gasteiger partial charge < -0.3 is 15.4 Å². The second kappa shape index (κ2) is 8.20. The fourth-order valence-electron chi connectivity index (χ4n) is 3.16. The molecule has 0 saturated heterocycles. The van der Waals surface area contributed by atoms with Gasteiger partial charge in [0.25, 0.3) is 0 Å². The van der Waals surface area contributed by atoms with Gasteiger partial charge in [-0.2, -0.15) is 0 Å². The molecule has 1 heterocycles. The molecule has 0 unspecified atom stereocenters. The van der Waals surface area contributed by atoms with Crippen LogP contribution in [0.25, 0.3) is 0 Å². The minimum absolute atomic E-state index is 0.0668. The second-order valence-electron chi connectivity index (χ2n) is 6.23. The van der Waals surface area contributed by atoms with Crippen molar-refractivity contribution < 1.29 is 14.3 Å². The number of ether oxygens (including phenoxy) is 1. The molecule has 3 rings (SSSR count). The van der Waals surface area contributed by atoms with E-state index in [2.05, 4.69) is 10.6 Å². The smallest absolute Gasteiger partial charge is 0.341 e. The number of anilines is 1. The molecule has 2 aromatic rings. The van der Waals surface area contributed by atoms with Gasteiger partial charge in [-0.25, -0.2) is 4.79 Å². The Hall–Kier alpha value is -1.89. The number of hydrogen-bond donors (Lipinski definition) is 2. The van der Waals surface area contributed by atoms with E-state index in [1.165, 1.54) is 18.4 Å². The number of esters is 1. The lowest BCUT2D eigenvalue weighted by Gasteiger charge is -2.15. The number of aryl methyl sites for hydroxylation is 1. The summed E-state index contributed by atoms with van der Waals surface area (Å²) in [6.45, 7) is 2.07. The molecule has 7 heteroatoms. The van der Waals surface area contributed by atoms with Crippen molar-refractivity contribution in [1.82, 2.24) is 5.32 Å². The number of halogens is 1. The summed E-state index contributed by atoms with van der Waals surface area (Å²) in [7, 11) is 1.36. The number of methoxy groups -OCH3 is 1. The molecule has 1 amide bonds. The summed E-state index contributed by atoms with van der Waals surface area (Å²) in [5.74, 6) is -0.592. The molecule has 0 bridgehead atoms. The predicted octanol–water partition coefficient (Wildman–Crippen LogP) is 3.97. The van der Waals surface area contributed by atoms with Gasteiger partial charge in [0, 0.05) is 15.9 Å². The Morgan fingerprint density at radius 3 is 2.81 bits per heavy atom. The van der Waals surface area contributed by atoms with E-state index in [1.54, 1.807) is 0 Å². The molecule has 0 saturated carbocycles. The SMILES string of the molecule is COC(=O)c1c(NC(=O)CN[C@H](C)c2ccccc2Cl)sc2c1CCC2. The van der Waals surface area contributed by atoms with Crippen molar-refractivity contribution in [2.24, 2.45) is 0 Å². The van der Waals surface area contributed by atoms with E-state index in [0.717, 1.165) is 35.3 Å². The van der Waals surface area contributed by atoms with Gasteiger partial charge in [0.05, 0.1) is 19.2 Å². The van der Waals surface area contributed by atoms with E-state index in [0.29, 0.717) is 15.6 Å². The number of amides is 1. The second-order valence-corrected chi connectivity index (χ2v) is 7.74. The van der Waals surface area contributed by atoms with Crippen molar-refractivity contribution in [1.29, 1.82) is 0 Å². The fraction of sp³-hybridized carbons (Fsp3) is 0.368. The highest BCUT2D eigenvalue weighted by Gasteiger charge is 2.28. The van der Waals surface area contributed by atoms with Gasteiger partial charge in [-0.05, 0) is 43.4 Å². The Bertz CT molecular complexity index is 834. The number of rotatable bonds is 6. The first-order valence-corrected chi connectivity index (χ1v) is 9.71. The molecule has 2 N–H and O–H groups in total. The molecule has 1 atom stereocenters. The first kappa shape index (κ1) is 18.9. The Balaban J connectivity index is 1.66. The summed E-state index contributed by atoms with van der Waals surface area (Å²) < 4.78 is 4.90. The van der Waals surface area contributed by atoms with E-state index in [-0.39, 0.29) is 18.5 Å². The van der Waals surface area contributed by atoms with Crippen molar-refractivity contribution >= 4 is 39.8 Å². The van der Waals surface area contributed by atoms with Crippen LogP contribution in [0.3, 0.4) is 0 Å². The van der Waals surface area contributed by atoms with Crippen LogP contribution in [0.2, 0.25) is 5.02 Å². The first-order valence-electron chi connectivity index (χ1n) is 8.51. The van der Waals surface area contributed by atoms with Gasteiger partial charge >= 0.3 is 5.97 Å². The molecule has 1 aliphatic rings. The van der Waals surface area contributed by atoms with E-state index < -0.39 is 5.97 Å². The lowest BCUT2D eigenvalue weighted by atomic mass is 10.1. The number of carbonyl (C=O) groups excluding carboxylic acids is 2. The van der Waals surface area contributed by atoms with Crippen LogP contribution in [0.15, 0.2) is 24.3 Å². The Kier molecular flexibility index (Phi) is 5.96. The largest absolute Gasteiger partial charge is 0.465 e. The van der Waals surface area contributed by atoms with E-state index in [4.69, 9.17) is 16.3 Å². The quantitative estimate of drug-likeness (QED) is 0.730. The zero-order chi connectivity index (χ0) is 18.7. The molecule has 1 aromatic heterocycles. The number of nitrogens with one attached hydrogen (secondary N) is 2. The molecule has 26 heavy (non-hydrogen) atoms. The summed E-state index contributed by atoms with van der Waals surface area (Å²) in [5, 5.41) is 7.27. The van der Waals surface area contributed by atoms with Crippen LogP contribution in [-0.4, -0.2) is 25.5 Å². The maximum absolute atomic E-state index is 12.4. The van der Waals surface area contributed by atoms with Gasteiger partial charge in [0.2, 0.25) is 5.91 Å². The van der Waals surface area contributed by atoms with Gasteiger partial charge in [-0.15, -0.1) is 11.3 Å². The highest BCUT2D eigenvalue weighted by molar-refractivity contribution is 7.17. The van der Waals surface area contributed by atoms with Crippen molar-refractivity contribution in [2.75, 3.05) is 19.0 Å². The minimum atomic E-state index is -0.392. The van der Waals surface area contributed by atoms with Crippen LogP contribution in [0.4, 0.5) is 5.00 Å². The van der Waals surface area contributed by atoms with Gasteiger partial charge in [0.15, 0.2) is 0 Å². The number of hydrogen-bond acceptors (Lipinski definition) is 5. The van der Waals surface area contributed by atoms with Crippen LogP contribution in [0.5, 0.6) is 0 Å². The zero-order valence-corrected chi connectivity index (χ0v) is 16.3. The average Bonchev–Trinajstić information content (AvgIpc) is 3.20. The summed E-state index contributed by atoms with van der Waals surface area (Å²) in [5.41, 5.74) is 2.47. The first-order chi connectivity index (χ1) is 12.5. The highest BCUT2D eigenvalue weighted by Crippen LogP contribution is 2.39. The topological polar surface area (TPSA) is 67.4 Å². The standard InChI is InChI=1S/C19H21ClN2O3S/c1-11(12-6-3-4-8-14(12)20)21-10-16(23)22-18-17(19(24)25-2)13-7-5-9-15(13)26-18/h3-4,6,8,11,21H,5,7,9-10H2,1-2H3,(H,22,23)/t11-/m1/s1. The van der Waals surface area contributed by atoms with Crippen molar-refractivity contribution in [3.8, 4) is 0 Å². The number of thiophene rings is 1. The number of benzene rings is 1. The van der Waals surface area contributed by atoms with E-state index in [1.807, 2.05) is 31.2 Å². The normalized spacial score (nSPS) is 14.0. The molecule has 0 radical (unpaired) electrons. The van der Waals surface area contributed by atoms with Crippen LogP contribution < -0.4 is 10.6 Å². The molecular formula is C19H21ClN2O3S. The summed E-state index contributed by atoms with van der Waals surface area (Å²) in [4.78, 5) is 25.7. The van der Waals surface area contributed by atoms with Crippen LogP contribution >= 0.6 is 22.9 Å². The minimum Gasteiger partial charge on any atom is -0.465 e. The lowest BCUT2D eigenvalue weighted by Crippen LogP contribution is -2.30. The maximum atomic E-state index is 12.4. The van der Waals surface area contributed by atoms with E-state index in [9.17, 15) is 9.59 Å². The Labute approximate surface area is 161 Å². The highest BCUT2D eigenvalue weighted by atomic mass is 35.5. The molecular weight excluding hydrogens is 372 g/mol. The average molecular weight is 393 g/mol. The maximum Gasteiger partial charge on any atom is 0.341 e. The third kappa shape index (κ3) is 3.92. The zero-order valence-electron chi connectivity index (χ0n) is 14.7. The third-order valence-electron chi connectivity index (χ3n) is 4.50. The van der Waals surface area contributed by atoms with E-state index >= 15 is 0 Å². The summed E-state index contributed by atoms with van der Waals surface area (Å²) in [6, 6.07) is 7.47. The fourth-order valence-corrected chi connectivity index (χ4v) is 4.76. The van der Waals surface area contributed by atoms with Crippen LogP contribution in [0.1, 0.15) is 45.7 Å². The van der Waals surface area contributed by atoms with Crippen LogP contribution in [0, 0.1) is 0 Å². The molecule has 1 aliphatic carbocycles. The number of fused-ring (bicyclic) bond motifs is 1. The molecule has 1 aromatic carbocycles. The van der Waals surface area contributed by atoms with Crippen molar-refractivity contribution in [3.05, 3.63) is 50.9 Å². The summed E-state index contributed by atoms with van der Waals surface area (Å²) >= 11 is 7.66. The van der Waals surface area contributed by atoms with Crippen LogP contribution in [-0.2, 0) is 22.4 Å².